The van der Waals surface area contributed by atoms with Crippen LogP contribution in [0.25, 0.3) is 10.9 Å². The maximum atomic E-state index is 14.1. The number of fused-ring (bicyclic) bond motifs is 1. The first kappa shape index (κ1) is 20.5. The summed E-state index contributed by atoms with van der Waals surface area (Å²) in [7, 11) is 0. The first-order chi connectivity index (χ1) is 13.7. The molecule has 1 amide bonds. The van der Waals surface area contributed by atoms with Crippen molar-refractivity contribution in [3.63, 3.8) is 0 Å². The summed E-state index contributed by atoms with van der Waals surface area (Å²) in [5, 5.41) is 11.1. The SMILES string of the molecule is Cc1c(CC(=O)NCC2C(F)CC(C#N)C[N+]2=O)c(=O)[nH]c2ccc(F)c(F)c12. The third-order valence-electron chi connectivity index (χ3n) is 5.17. The molecule has 0 spiro atoms. The van der Waals surface area contributed by atoms with Crippen LogP contribution in [0.15, 0.2) is 16.9 Å². The molecule has 10 heteroatoms. The number of pyridine rings is 1. The van der Waals surface area contributed by atoms with Gasteiger partial charge in [-0.3, -0.25) is 9.59 Å². The van der Waals surface area contributed by atoms with E-state index in [-0.39, 0.29) is 41.5 Å². The Kier molecular flexibility index (Phi) is 5.68. The van der Waals surface area contributed by atoms with Gasteiger partial charge >= 0.3 is 0 Å². The van der Waals surface area contributed by atoms with Gasteiger partial charge in [-0.15, -0.1) is 0 Å². The molecule has 0 bridgehead atoms. The van der Waals surface area contributed by atoms with E-state index in [1.807, 2.05) is 6.07 Å². The second kappa shape index (κ2) is 8.03. The van der Waals surface area contributed by atoms with Crippen molar-refractivity contribution in [2.75, 3.05) is 13.1 Å². The van der Waals surface area contributed by atoms with E-state index in [0.29, 0.717) is 4.76 Å². The molecule has 0 saturated carbocycles. The van der Waals surface area contributed by atoms with Crippen LogP contribution in [0, 0.1) is 40.7 Å². The number of aromatic amines is 1. The smallest absolute Gasteiger partial charge is 0.252 e. The molecule has 2 heterocycles. The number of amides is 1. The number of nitrogens with one attached hydrogen (secondary N) is 2. The molecule has 1 aliphatic rings. The standard InChI is InChI=1S/C19H17F3N4O3/c1-9-11(19(28)25-14-3-2-12(20)18(22)17(9)14)5-16(27)24-7-15-13(21)4-10(6-23)8-26(15)29/h2-3,10,13,15H,4-5,7-8H2,1H3,(H-,24,25,27,28)/p+1. The molecule has 29 heavy (non-hydrogen) atoms. The van der Waals surface area contributed by atoms with Crippen molar-refractivity contribution in [2.24, 2.45) is 5.92 Å². The summed E-state index contributed by atoms with van der Waals surface area (Å²) >= 11 is 0. The van der Waals surface area contributed by atoms with Crippen LogP contribution in [0.4, 0.5) is 13.2 Å². The van der Waals surface area contributed by atoms with Crippen molar-refractivity contribution in [3.05, 3.63) is 50.2 Å². The van der Waals surface area contributed by atoms with Gasteiger partial charge in [0.2, 0.25) is 18.5 Å². The molecular formula is C19H18F3N4O3+. The number of aromatic nitrogens is 1. The number of nitrogens with zero attached hydrogens (tertiary/aromatic N) is 2. The molecule has 2 N–H and O–H groups in total. The molecule has 0 aliphatic carbocycles. The average molecular weight is 407 g/mol. The number of hydrogen-bond donors (Lipinski definition) is 2. The number of benzene rings is 1. The molecule has 7 nitrogen and oxygen atoms in total. The molecule has 2 aromatic rings. The van der Waals surface area contributed by atoms with Crippen molar-refractivity contribution in [1.82, 2.24) is 10.3 Å². The third-order valence-corrected chi connectivity index (χ3v) is 5.17. The first-order valence-electron chi connectivity index (χ1n) is 8.96. The number of rotatable bonds is 4. The summed E-state index contributed by atoms with van der Waals surface area (Å²) in [5.74, 6) is -3.59. The van der Waals surface area contributed by atoms with E-state index < -0.39 is 47.7 Å². The van der Waals surface area contributed by atoms with Crippen LogP contribution in [-0.2, 0) is 11.2 Å². The van der Waals surface area contributed by atoms with Gasteiger partial charge in [0.1, 0.15) is 5.92 Å². The van der Waals surface area contributed by atoms with Crippen LogP contribution in [0.3, 0.4) is 0 Å². The minimum absolute atomic E-state index is 0.0523. The van der Waals surface area contributed by atoms with Crippen molar-refractivity contribution < 1.29 is 22.7 Å². The molecule has 1 fully saturated rings. The monoisotopic (exact) mass is 407 g/mol. The summed E-state index contributed by atoms with van der Waals surface area (Å²) in [6.07, 6.45) is -2.12. The van der Waals surface area contributed by atoms with Gasteiger partial charge in [-0.1, -0.05) is 0 Å². The Morgan fingerprint density at radius 2 is 2.14 bits per heavy atom. The average Bonchev–Trinajstić information content (AvgIpc) is 2.67. The van der Waals surface area contributed by atoms with Crippen LogP contribution >= 0.6 is 0 Å². The molecule has 3 atom stereocenters. The zero-order valence-corrected chi connectivity index (χ0v) is 15.5. The highest BCUT2D eigenvalue weighted by Crippen LogP contribution is 2.23. The van der Waals surface area contributed by atoms with Crippen LogP contribution in [0.1, 0.15) is 17.5 Å². The van der Waals surface area contributed by atoms with Crippen LogP contribution in [-0.4, -0.2) is 41.0 Å². The molecule has 3 unspecified atom stereocenters. The number of carbonyl (C=O) groups excluding carboxylic acids is 1. The Hall–Kier alpha value is -3.22. The summed E-state index contributed by atoms with van der Waals surface area (Å²) < 4.78 is 42.2. The van der Waals surface area contributed by atoms with Crippen LogP contribution in [0.2, 0.25) is 0 Å². The first-order valence-corrected chi connectivity index (χ1v) is 8.96. The molecule has 152 valence electrons. The number of carbonyl (C=O) groups is 1. The van der Waals surface area contributed by atoms with Crippen molar-refractivity contribution in [3.8, 4) is 6.07 Å². The molecular weight excluding hydrogens is 389 g/mol. The van der Waals surface area contributed by atoms with Crippen LogP contribution < -0.4 is 10.9 Å². The van der Waals surface area contributed by atoms with Gasteiger partial charge in [0, 0.05) is 27.0 Å². The Morgan fingerprint density at radius 3 is 2.79 bits per heavy atom. The van der Waals surface area contributed by atoms with Gasteiger partial charge in [0.15, 0.2) is 17.8 Å². The Bertz CT molecular complexity index is 1090. The largest absolute Gasteiger partial charge is 0.349 e. The fourth-order valence-electron chi connectivity index (χ4n) is 3.55. The summed E-state index contributed by atoms with van der Waals surface area (Å²) in [5.41, 5.74) is -0.450. The number of nitriles is 1. The van der Waals surface area contributed by atoms with Gasteiger partial charge in [-0.25, -0.2) is 13.2 Å². The lowest BCUT2D eigenvalue weighted by Gasteiger charge is -2.21. The lowest BCUT2D eigenvalue weighted by atomic mass is 9.94. The van der Waals surface area contributed by atoms with E-state index in [2.05, 4.69) is 10.3 Å². The second-order valence-corrected chi connectivity index (χ2v) is 7.07. The third kappa shape index (κ3) is 3.99. The van der Waals surface area contributed by atoms with Crippen molar-refractivity contribution in [2.45, 2.75) is 32.0 Å². The zero-order chi connectivity index (χ0) is 21.3. The maximum Gasteiger partial charge on any atom is 0.252 e. The van der Waals surface area contributed by atoms with E-state index in [1.54, 1.807) is 0 Å². The lowest BCUT2D eigenvalue weighted by molar-refractivity contribution is -0.605. The normalized spacial score (nSPS) is 21.8. The molecule has 0 radical (unpaired) electrons. The number of H-pyrrole nitrogens is 1. The second-order valence-electron chi connectivity index (χ2n) is 7.07. The van der Waals surface area contributed by atoms with E-state index in [0.717, 1.165) is 6.07 Å². The van der Waals surface area contributed by atoms with E-state index in [4.69, 9.17) is 5.26 Å². The highest BCUT2D eigenvalue weighted by atomic mass is 19.2. The Balaban J connectivity index is 1.75. The molecule has 1 aliphatic heterocycles. The van der Waals surface area contributed by atoms with Crippen LogP contribution in [0.5, 0.6) is 0 Å². The number of hydrogen-bond acceptors (Lipinski definition) is 4. The molecule has 1 aromatic carbocycles. The molecule has 3 rings (SSSR count). The summed E-state index contributed by atoms with van der Waals surface area (Å²) in [4.78, 5) is 38.8. The van der Waals surface area contributed by atoms with E-state index in [9.17, 15) is 27.7 Å². The van der Waals surface area contributed by atoms with Gasteiger partial charge in [-0.05, 0) is 24.6 Å². The molecule has 1 aromatic heterocycles. The quantitative estimate of drug-likeness (QED) is 0.754. The zero-order valence-electron chi connectivity index (χ0n) is 15.5. The summed E-state index contributed by atoms with van der Waals surface area (Å²) in [6, 6.07) is 2.84. The van der Waals surface area contributed by atoms with E-state index >= 15 is 0 Å². The van der Waals surface area contributed by atoms with E-state index in [1.165, 1.54) is 13.0 Å². The van der Waals surface area contributed by atoms with Crippen molar-refractivity contribution in [1.29, 1.82) is 5.26 Å². The fraction of sp³-hybridized carbons (Fsp3) is 0.421. The molecule has 1 saturated heterocycles. The Labute approximate surface area is 163 Å². The topological polar surface area (TPSA) is 106 Å². The number of nitroso groups, excluding NO2 is 1. The fourth-order valence-corrected chi connectivity index (χ4v) is 3.55. The maximum absolute atomic E-state index is 14.1. The van der Waals surface area contributed by atoms with Gasteiger partial charge in [0.25, 0.3) is 5.56 Å². The van der Waals surface area contributed by atoms with Gasteiger partial charge in [-0.2, -0.15) is 5.26 Å². The van der Waals surface area contributed by atoms with Gasteiger partial charge in [0.05, 0.1) is 24.6 Å². The minimum Gasteiger partial charge on any atom is -0.349 e. The minimum atomic E-state index is -1.57. The number of aryl methyl sites for hydroxylation is 1. The number of piperidine rings is 1. The number of alkyl halides is 1. The lowest BCUT2D eigenvalue weighted by Crippen LogP contribution is -2.49. The summed E-state index contributed by atoms with van der Waals surface area (Å²) in [6.45, 7) is 0.962. The van der Waals surface area contributed by atoms with Crippen molar-refractivity contribution >= 4 is 16.8 Å². The number of halogens is 3. The highest BCUT2D eigenvalue weighted by Gasteiger charge is 2.43. The predicted molar refractivity (Wildman–Crippen MR) is 96.8 cm³/mol. The highest BCUT2D eigenvalue weighted by molar-refractivity contribution is 5.86. The Morgan fingerprint density at radius 1 is 1.41 bits per heavy atom. The predicted octanol–water partition coefficient (Wildman–Crippen LogP) is 1.80. The van der Waals surface area contributed by atoms with Gasteiger partial charge < -0.3 is 10.3 Å².